The monoisotopic (exact) mass is 340 g/mol. The van der Waals surface area contributed by atoms with Gasteiger partial charge in [0.2, 0.25) is 15.9 Å². The van der Waals surface area contributed by atoms with Crippen LogP contribution in [0.3, 0.4) is 0 Å². The summed E-state index contributed by atoms with van der Waals surface area (Å²) in [5.74, 6) is -0.202. The van der Waals surface area contributed by atoms with Gasteiger partial charge in [0.15, 0.2) is 0 Å². The molecule has 0 saturated carbocycles. The van der Waals surface area contributed by atoms with Crippen LogP contribution in [-0.2, 0) is 26.0 Å². The minimum absolute atomic E-state index is 0.0228. The predicted octanol–water partition coefficient (Wildman–Crippen LogP) is 0.786. The van der Waals surface area contributed by atoms with Crippen LogP contribution in [0.4, 0.5) is 0 Å². The average Bonchev–Trinajstić information content (AvgIpc) is 2.53. The number of hydrogen-bond acceptors (Lipinski definition) is 4. The SMILES string of the molecule is CS(=O)(=O)NCC(=O)N1CCO[C@H](CCCc2ccccc2)C1. The Labute approximate surface area is 137 Å². The highest BCUT2D eigenvalue weighted by Crippen LogP contribution is 2.13. The first-order valence-corrected chi connectivity index (χ1v) is 9.71. The van der Waals surface area contributed by atoms with Gasteiger partial charge in [0.05, 0.1) is 25.5 Å². The molecule has 1 atom stereocenters. The molecule has 1 aromatic carbocycles. The van der Waals surface area contributed by atoms with Crippen molar-refractivity contribution in [3.8, 4) is 0 Å². The number of carbonyl (C=O) groups excluding carboxylic acids is 1. The van der Waals surface area contributed by atoms with Crippen molar-refractivity contribution in [2.45, 2.75) is 25.4 Å². The summed E-state index contributed by atoms with van der Waals surface area (Å²) in [5, 5.41) is 0. The summed E-state index contributed by atoms with van der Waals surface area (Å²) in [7, 11) is -3.34. The van der Waals surface area contributed by atoms with Crippen LogP contribution in [0, 0.1) is 0 Å². The van der Waals surface area contributed by atoms with Gasteiger partial charge in [-0.25, -0.2) is 13.1 Å². The number of benzene rings is 1. The van der Waals surface area contributed by atoms with Crippen LogP contribution in [0.15, 0.2) is 30.3 Å². The lowest BCUT2D eigenvalue weighted by Crippen LogP contribution is -2.48. The first kappa shape index (κ1) is 17.9. The molecular weight excluding hydrogens is 316 g/mol. The minimum Gasteiger partial charge on any atom is -0.375 e. The first-order chi connectivity index (χ1) is 10.9. The van der Waals surface area contributed by atoms with Crippen LogP contribution in [0.25, 0.3) is 0 Å². The highest BCUT2D eigenvalue weighted by molar-refractivity contribution is 7.88. The van der Waals surface area contributed by atoms with Gasteiger partial charge in [0.25, 0.3) is 0 Å². The maximum atomic E-state index is 12.0. The van der Waals surface area contributed by atoms with Crippen LogP contribution in [0.5, 0.6) is 0 Å². The van der Waals surface area contributed by atoms with Crippen molar-refractivity contribution in [2.75, 3.05) is 32.5 Å². The van der Waals surface area contributed by atoms with Crippen molar-refractivity contribution in [1.29, 1.82) is 0 Å². The minimum atomic E-state index is -3.34. The number of rotatable bonds is 7. The normalized spacial score (nSPS) is 18.8. The Hall–Kier alpha value is -1.44. The molecule has 0 aliphatic carbocycles. The Kier molecular flexibility index (Phi) is 6.56. The second-order valence-electron chi connectivity index (χ2n) is 5.80. The molecule has 0 radical (unpaired) electrons. The maximum absolute atomic E-state index is 12.0. The molecular formula is C16H24N2O4S. The van der Waals surface area contributed by atoms with E-state index in [2.05, 4.69) is 16.9 Å². The molecule has 128 valence electrons. The van der Waals surface area contributed by atoms with Crippen LogP contribution in [-0.4, -0.2) is 57.8 Å². The standard InChI is InChI=1S/C16H24N2O4S/c1-23(20,21)17-12-16(19)18-10-11-22-15(13-18)9-5-8-14-6-3-2-4-7-14/h2-4,6-7,15,17H,5,8-13H2,1H3/t15-/m1/s1. The summed E-state index contributed by atoms with van der Waals surface area (Å²) < 4.78 is 30.1. The van der Waals surface area contributed by atoms with Gasteiger partial charge in [0.1, 0.15) is 0 Å². The quantitative estimate of drug-likeness (QED) is 0.796. The van der Waals surface area contributed by atoms with E-state index in [0.29, 0.717) is 19.7 Å². The van der Waals surface area contributed by atoms with E-state index in [-0.39, 0.29) is 18.6 Å². The highest BCUT2D eigenvalue weighted by Gasteiger charge is 2.24. The Morgan fingerprint density at radius 1 is 1.35 bits per heavy atom. The van der Waals surface area contributed by atoms with E-state index in [1.165, 1.54) is 5.56 Å². The molecule has 0 bridgehead atoms. The second-order valence-corrected chi connectivity index (χ2v) is 7.64. The molecule has 1 amide bonds. The third-order valence-corrected chi connectivity index (χ3v) is 4.48. The number of morpholine rings is 1. The summed E-state index contributed by atoms with van der Waals surface area (Å²) >= 11 is 0. The van der Waals surface area contributed by atoms with Crippen LogP contribution in [0.2, 0.25) is 0 Å². The molecule has 1 aromatic rings. The van der Waals surface area contributed by atoms with Gasteiger partial charge in [-0.3, -0.25) is 4.79 Å². The summed E-state index contributed by atoms with van der Waals surface area (Å²) in [6, 6.07) is 10.3. The zero-order valence-corrected chi connectivity index (χ0v) is 14.2. The van der Waals surface area contributed by atoms with Gasteiger partial charge in [-0.05, 0) is 24.8 Å². The fourth-order valence-corrected chi connectivity index (χ4v) is 2.99. The summed E-state index contributed by atoms with van der Waals surface area (Å²) in [6.07, 6.45) is 3.95. The average molecular weight is 340 g/mol. The topological polar surface area (TPSA) is 75.7 Å². The smallest absolute Gasteiger partial charge is 0.237 e. The van der Waals surface area contributed by atoms with Crippen molar-refractivity contribution >= 4 is 15.9 Å². The molecule has 1 N–H and O–H groups in total. The summed E-state index contributed by atoms with van der Waals surface area (Å²) in [6.45, 7) is 1.36. The molecule has 1 aliphatic heterocycles. The fraction of sp³-hybridized carbons (Fsp3) is 0.562. The molecule has 1 saturated heterocycles. The van der Waals surface area contributed by atoms with E-state index in [9.17, 15) is 13.2 Å². The van der Waals surface area contributed by atoms with Crippen molar-refractivity contribution in [3.05, 3.63) is 35.9 Å². The molecule has 6 nitrogen and oxygen atoms in total. The van der Waals surface area contributed by atoms with E-state index in [0.717, 1.165) is 25.5 Å². The predicted molar refractivity (Wildman–Crippen MR) is 88.5 cm³/mol. The fourth-order valence-electron chi connectivity index (χ4n) is 2.60. The summed E-state index contributed by atoms with van der Waals surface area (Å²) in [4.78, 5) is 13.7. The number of ether oxygens (including phenoxy) is 1. The van der Waals surface area contributed by atoms with Crippen molar-refractivity contribution in [3.63, 3.8) is 0 Å². The molecule has 2 rings (SSSR count). The molecule has 1 aliphatic rings. The van der Waals surface area contributed by atoms with E-state index >= 15 is 0 Å². The first-order valence-electron chi connectivity index (χ1n) is 7.82. The van der Waals surface area contributed by atoms with E-state index in [1.54, 1.807) is 4.90 Å². The van der Waals surface area contributed by atoms with Crippen LogP contribution in [0.1, 0.15) is 18.4 Å². The van der Waals surface area contributed by atoms with Crippen LogP contribution >= 0.6 is 0 Å². The van der Waals surface area contributed by atoms with Gasteiger partial charge in [-0.15, -0.1) is 0 Å². The number of nitrogens with zero attached hydrogens (tertiary/aromatic N) is 1. The molecule has 0 aromatic heterocycles. The largest absolute Gasteiger partial charge is 0.375 e. The number of hydrogen-bond donors (Lipinski definition) is 1. The summed E-state index contributed by atoms with van der Waals surface area (Å²) in [5.41, 5.74) is 1.30. The number of sulfonamides is 1. The zero-order chi connectivity index (χ0) is 16.7. The lowest BCUT2D eigenvalue weighted by molar-refractivity contribution is -0.137. The molecule has 1 fully saturated rings. The van der Waals surface area contributed by atoms with E-state index in [1.807, 2.05) is 18.2 Å². The lowest BCUT2D eigenvalue weighted by Gasteiger charge is -2.33. The Balaban J connectivity index is 1.73. The number of aryl methyl sites for hydroxylation is 1. The lowest BCUT2D eigenvalue weighted by atomic mass is 10.1. The third kappa shape index (κ3) is 6.68. The number of nitrogens with one attached hydrogen (secondary N) is 1. The Bertz CT molecular complexity index is 604. The van der Waals surface area contributed by atoms with Gasteiger partial charge in [-0.1, -0.05) is 30.3 Å². The molecule has 7 heteroatoms. The zero-order valence-electron chi connectivity index (χ0n) is 13.4. The second kappa shape index (κ2) is 8.42. The van der Waals surface area contributed by atoms with Crippen molar-refractivity contribution in [1.82, 2.24) is 9.62 Å². The molecule has 1 heterocycles. The van der Waals surface area contributed by atoms with Gasteiger partial charge < -0.3 is 9.64 Å². The number of carbonyl (C=O) groups is 1. The third-order valence-electron chi connectivity index (χ3n) is 3.81. The molecule has 0 spiro atoms. The molecule has 0 unspecified atom stereocenters. The Morgan fingerprint density at radius 3 is 2.78 bits per heavy atom. The Morgan fingerprint density at radius 2 is 2.09 bits per heavy atom. The molecule has 23 heavy (non-hydrogen) atoms. The van der Waals surface area contributed by atoms with Crippen molar-refractivity contribution in [2.24, 2.45) is 0 Å². The highest BCUT2D eigenvalue weighted by atomic mass is 32.2. The maximum Gasteiger partial charge on any atom is 0.237 e. The van der Waals surface area contributed by atoms with E-state index < -0.39 is 10.0 Å². The number of amides is 1. The van der Waals surface area contributed by atoms with E-state index in [4.69, 9.17) is 4.74 Å². The van der Waals surface area contributed by atoms with Crippen molar-refractivity contribution < 1.29 is 17.9 Å². The van der Waals surface area contributed by atoms with Gasteiger partial charge in [0, 0.05) is 13.1 Å². The van der Waals surface area contributed by atoms with Crippen LogP contribution < -0.4 is 4.72 Å². The van der Waals surface area contributed by atoms with Gasteiger partial charge >= 0.3 is 0 Å². The van der Waals surface area contributed by atoms with Gasteiger partial charge in [-0.2, -0.15) is 0 Å².